The molecule has 5 rings (SSSR count). The van der Waals surface area contributed by atoms with Crippen molar-refractivity contribution in [2.45, 2.75) is 44.1 Å². The molecule has 0 unspecified atom stereocenters. The van der Waals surface area contributed by atoms with Crippen molar-refractivity contribution >= 4 is 35.0 Å². The summed E-state index contributed by atoms with van der Waals surface area (Å²) in [6, 6.07) is 10.5. The summed E-state index contributed by atoms with van der Waals surface area (Å²) in [6.45, 7) is 3.20. The van der Waals surface area contributed by atoms with Crippen LogP contribution in [0.4, 0.5) is 0 Å². The molecular formula is C24H24Cl2N6O3. The zero-order valence-electron chi connectivity index (χ0n) is 18.9. The number of rotatable bonds is 6. The van der Waals surface area contributed by atoms with E-state index in [4.69, 9.17) is 27.9 Å². The van der Waals surface area contributed by atoms with Crippen molar-refractivity contribution in [3.63, 3.8) is 0 Å². The van der Waals surface area contributed by atoms with E-state index in [0.717, 1.165) is 23.4 Å². The van der Waals surface area contributed by atoms with Gasteiger partial charge in [0.2, 0.25) is 5.91 Å². The van der Waals surface area contributed by atoms with Crippen LogP contribution < -0.4 is 16.0 Å². The number of fused-ring (bicyclic) bond motifs is 1. The SMILES string of the molecule is C[C@H](NC(=O)[C@]1(NC(=O)c2cc(Cl)c(Cl)[nH]2)CO[C@H](c2ccccc2)C1)c1ncc2c(n1)CNC2. The lowest BCUT2D eigenvalue weighted by Crippen LogP contribution is -2.59. The van der Waals surface area contributed by atoms with Gasteiger partial charge in [-0.05, 0) is 18.6 Å². The van der Waals surface area contributed by atoms with E-state index in [-0.39, 0.29) is 40.9 Å². The molecule has 4 N–H and O–H groups in total. The predicted molar refractivity (Wildman–Crippen MR) is 130 cm³/mol. The minimum atomic E-state index is -1.33. The van der Waals surface area contributed by atoms with Gasteiger partial charge in [-0.3, -0.25) is 9.59 Å². The predicted octanol–water partition coefficient (Wildman–Crippen LogP) is 3.22. The lowest BCUT2D eigenvalue weighted by molar-refractivity contribution is -0.128. The molecule has 11 heteroatoms. The highest BCUT2D eigenvalue weighted by atomic mass is 35.5. The Balaban J connectivity index is 1.39. The first kappa shape index (κ1) is 23.7. The topological polar surface area (TPSA) is 121 Å². The Kier molecular flexibility index (Phi) is 6.50. The molecular weight excluding hydrogens is 491 g/mol. The molecule has 2 aromatic heterocycles. The minimum Gasteiger partial charge on any atom is -0.370 e. The molecule has 2 aliphatic rings. The van der Waals surface area contributed by atoms with Crippen molar-refractivity contribution in [2.75, 3.05) is 6.61 Å². The largest absolute Gasteiger partial charge is 0.370 e. The standard InChI is InChI=1S/C24H24Cl2N6O3/c1-13(21-28-10-15-9-27-11-18(15)31-21)29-23(34)24(32-22(33)17-7-16(25)20(26)30-17)8-19(35-12-24)14-5-3-2-4-6-14/h2-7,10,13,19,27,30H,8-9,11-12H2,1H3,(H,29,34)(H,32,33)/t13-,19-,24+/m0/s1. The molecule has 4 heterocycles. The molecule has 9 nitrogen and oxygen atoms in total. The van der Waals surface area contributed by atoms with Crippen LogP contribution in [0.5, 0.6) is 0 Å². The molecule has 0 spiro atoms. The van der Waals surface area contributed by atoms with E-state index in [2.05, 4.69) is 30.9 Å². The highest BCUT2D eigenvalue weighted by molar-refractivity contribution is 6.41. The first-order valence-electron chi connectivity index (χ1n) is 11.2. The van der Waals surface area contributed by atoms with Crippen molar-refractivity contribution in [3.8, 4) is 0 Å². The third-order valence-electron chi connectivity index (χ3n) is 6.31. The number of carbonyl (C=O) groups is 2. The Morgan fingerprint density at radius 3 is 2.77 bits per heavy atom. The summed E-state index contributed by atoms with van der Waals surface area (Å²) >= 11 is 12.0. The Morgan fingerprint density at radius 2 is 2.03 bits per heavy atom. The molecule has 3 atom stereocenters. The normalized spacial score (nSPS) is 22.0. The van der Waals surface area contributed by atoms with E-state index < -0.39 is 17.5 Å². The monoisotopic (exact) mass is 514 g/mol. The maximum absolute atomic E-state index is 13.7. The number of hydrogen-bond acceptors (Lipinski definition) is 6. The van der Waals surface area contributed by atoms with E-state index in [0.29, 0.717) is 12.4 Å². The molecule has 3 aromatic rings. The number of nitrogens with zero attached hydrogens (tertiary/aromatic N) is 2. The number of hydrogen-bond donors (Lipinski definition) is 4. The van der Waals surface area contributed by atoms with Crippen LogP contribution in [-0.4, -0.2) is 38.9 Å². The Morgan fingerprint density at radius 1 is 1.23 bits per heavy atom. The number of halogens is 2. The number of carbonyl (C=O) groups excluding carboxylic acids is 2. The number of H-pyrrole nitrogens is 1. The maximum atomic E-state index is 13.7. The average Bonchev–Trinajstić information content (AvgIpc) is 3.58. The lowest BCUT2D eigenvalue weighted by atomic mass is 9.91. The summed E-state index contributed by atoms with van der Waals surface area (Å²) in [5.74, 6) is -0.398. The summed E-state index contributed by atoms with van der Waals surface area (Å²) in [6.07, 6.45) is 1.66. The second kappa shape index (κ2) is 9.58. The molecule has 1 aromatic carbocycles. The van der Waals surface area contributed by atoms with Gasteiger partial charge in [-0.1, -0.05) is 53.5 Å². The summed E-state index contributed by atoms with van der Waals surface area (Å²) < 4.78 is 6.01. The van der Waals surface area contributed by atoms with Crippen molar-refractivity contribution < 1.29 is 14.3 Å². The van der Waals surface area contributed by atoms with Crippen molar-refractivity contribution in [1.29, 1.82) is 0 Å². The number of nitrogens with one attached hydrogen (secondary N) is 4. The Bertz CT molecular complexity index is 1250. The molecule has 1 saturated heterocycles. The van der Waals surface area contributed by atoms with E-state index in [1.807, 2.05) is 37.3 Å². The smallest absolute Gasteiger partial charge is 0.268 e. The van der Waals surface area contributed by atoms with Gasteiger partial charge in [0.15, 0.2) is 5.82 Å². The Labute approximate surface area is 212 Å². The number of aromatic nitrogens is 3. The zero-order valence-corrected chi connectivity index (χ0v) is 20.4. The van der Waals surface area contributed by atoms with E-state index in [1.165, 1.54) is 6.07 Å². The third-order valence-corrected chi connectivity index (χ3v) is 7.00. The summed E-state index contributed by atoms with van der Waals surface area (Å²) in [7, 11) is 0. The van der Waals surface area contributed by atoms with Crippen LogP contribution in [0.2, 0.25) is 10.2 Å². The van der Waals surface area contributed by atoms with Gasteiger partial charge in [0, 0.05) is 31.3 Å². The molecule has 2 amide bonds. The molecule has 0 saturated carbocycles. The summed E-state index contributed by atoms with van der Waals surface area (Å²) in [5, 5.41) is 9.45. The Hall–Kier alpha value is -2.98. The molecule has 182 valence electrons. The number of benzene rings is 1. The van der Waals surface area contributed by atoms with Gasteiger partial charge in [0.05, 0.1) is 29.5 Å². The van der Waals surface area contributed by atoms with Crippen LogP contribution in [0.25, 0.3) is 0 Å². The fraction of sp³-hybridized carbons (Fsp3) is 0.333. The zero-order chi connectivity index (χ0) is 24.6. The van der Waals surface area contributed by atoms with Gasteiger partial charge >= 0.3 is 0 Å². The first-order valence-corrected chi connectivity index (χ1v) is 12.0. The van der Waals surface area contributed by atoms with Crippen LogP contribution >= 0.6 is 23.2 Å². The quantitative estimate of drug-likeness (QED) is 0.400. The van der Waals surface area contributed by atoms with E-state index in [9.17, 15) is 9.59 Å². The van der Waals surface area contributed by atoms with Gasteiger partial charge < -0.3 is 25.7 Å². The highest BCUT2D eigenvalue weighted by Crippen LogP contribution is 2.36. The van der Waals surface area contributed by atoms with Crippen LogP contribution in [0.15, 0.2) is 42.6 Å². The molecule has 0 aliphatic carbocycles. The van der Waals surface area contributed by atoms with Crippen molar-refractivity contribution in [1.82, 2.24) is 30.9 Å². The van der Waals surface area contributed by atoms with Gasteiger partial charge in [0.1, 0.15) is 16.4 Å². The fourth-order valence-electron chi connectivity index (χ4n) is 4.35. The second-order valence-corrected chi connectivity index (χ2v) is 9.58. The second-order valence-electron chi connectivity index (χ2n) is 8.79. The van der Waals surface area contributed by atoms with Gasteiger partial charge in [-0.25, -0.2) is 9.97 Å². The van der Waals surface area contributed by atoms with Gasteiger partial charge in [-0.2, -0.15) is 0 Å². The van der Waals surface area contributed by atoms with Crippen LogP contribution in [-0.2, 0) is 22.6 Å². The fourth-order valence-corrected chi connectivity index (χ4v) is 4.67. The molecule has 35 heavy (non-hydrogen) atoms. The van der Waals surface area contributed by atoms with Crippen molar-refractivity contribution in [2.24, 2.45) is 0 Å². The molecule has 0 bridgehead atoms. The number of amides is 2. The molecule has 2 aliphatic heterocycles. The van der Waals surface area contributed by atoms with Gasteiger partial charge in [0.25, 0.3) is 5.91 Å². The van der Waals surface area contributed by atoms with Crippen molar-refractivity contribution in [3.05, 3.63) is 81.1 Å². The number of aromatic amines is 1. The number of ether oxygens (including phenoxy) is 1. The van der Waals surface area contributed by atoms with E-state index in [1.54, 1.807) is 6.20 Å². The van der Waals surface area contributed by atoms with Crippen LogP contribution in [0.3, 0.4) is 0 Å². The maximum Gasteiger partial charge on any atom is 0.268 e. The average molecular weight is 515 g/mol. The first-order chi connectivity index (χ1) is 16.8. The summed E-state index contributed by atoms with van der Waals surface area (Å²) in [4.78, 5) is 38.5. The van der Waals surface area contributed by atoms with Crippen LogP contribution in [0, 0.1) is 0 Å². The highest BCUT2D eigenvalue weighted by Gasteiger charge is 2.49. The molecule has 0 radical (unpaired) electrons. The molecule has 1 fully saturated rings. The summed E-state index contributed by atoms with van der Waals surface area (Å²) in [5.41, 5.74) is 1.72. The third kappa shape index (κ3) is 4.77. The van der Waals surface area contributed by atoms with Gasteiger partial charge in [-0.15, -0.1) is 0 Å². The van der Waals surface area contributed by atoms with E-state index >= 15 is 0 Å². The minimum absolute atomic E-state index is 0.00596. The van der Waals surface area contributed by atoms with Crippen LogP contribution in [0.1, 0.15) is 58.6 Å². The lowest BCUT2D eigenvalue weighted by Gasteiger charge is -2.29.